The monoisotopic (exact) mass is 528 g/mol. The second-order valence-electron chi connectivity index (χ2n) is 16.3. The number of fused-ring (bicyclic) bond motifs is 4. The number of aliphatic hydroxyl groups excluding tert-OH is 1. The quantitative estimate of drug-likeness (QED) is 0.361. The number of esters is 1. The van der Waals surface area contributed by atoms with E-state index in [9.17, 15) is 14.7 Å². The predicted octanol–water partition coefficient (Wildman–Crippen LogP) is 5.44. The van der Waals surface area contributed by atoms with E-state index in [-0.39, 0.29) is 39.5 Å². The van der Waals surface area contributed by atoms with Gasteiger partial charge in [-0.05, 0) is 85.9 Å². The van der Waals surface area contributed by atoms with Gasteiger partial charge in [0.2, 0.25) is 0 Å². The third-order valence-corrected chi connectivity index (χ3v) is 14.6. The van der Waals surface area contributed by atoms with E-state index in [2.05, 4.69) is 41.5 Å². The molecule has 7 fully saturated rings. The number of hydrogen-bond acceptors (Lipinski definition) is 6. The van der Waals surface area contributed by atoms with Crippen molar-refractivity contribution in [2.75, 3.05) is 13.2 Å². The topological polar surface area (TPSA) is 82.1 Å². The van der Waals surface area contributed by atoms with Gasteiger partial charge >= 0.3 is 5.97 Å². The molecule has 0 radical (unpaired) electrons. The molecule has 0 aromatic rings. The molecule has 38 heavy (non-hydrogen) atoms. The molecule has 2 aliphatic heterocycles. The summed E-state index contributed by atoms with van der Waals surface area (Å²) < 4.78 is 19.2. The summed E-state index contributed by atoms with van der Waals surface area (Å²) in [5.41, 5.74) is -3.06. The van der Waals surface area contributed by atoms with Crippen LogP contribution in [0.3, 0.4) is 0 Å². The lowest BCUT2D eigenvalue weighted by Gasteiger charge is -2.74. The van der Waals surface area contributed by atoms with Crippen molar-refractivity contribution in [3.8, 4) is 0 Å². The molecule has 2 heterocycles. The lowest BCUT2D eigenvalue weighted by molar-refractivity contribution is -0.335. The molecule has 7 rings (SSSR count). The molecule has 2 bridgehead atoms. The molecule has 5 saturated carbocycles. The summed E-state index contributed by atoms with van der Waals surface area (Å²) >= 11 is 0. The maximum atomic E-state index is 13.8. The van der Waals surface area contributed by atoms with E-state index < -0.39 is 28.3 Å². The Bertz CT molecular complexity index is 1080. The molecule has 5 aliphatic carbocycles. The van der Waals surface area contributed by atoms with Crippen molar-refractivity contribution in [2.45, 2.75) is 123 Å². The van der Waals surface area contributed by atoms with Gasteiger partial charge in [0.25, 0.3) is 0 Å². The zero-order chi connectivity index (χ0) is 27.2. The molecule has 3 unspecified atom stereocenters. The molecule has 212 valence electrons. The van der Waals surface area contributed by atoms with Gasteiger partial charge in [0, 0.05) is 17.8 Å². The van der Waals surface area contributed by atoms with Crippen LogP contribution in [-0.4, -0.2) is 48.1 Å². The van der Waals surface area contributed by atoms with Gasteiger partial charge in [0.05, 0.1) is 30.1 Å². The van der Waals surface area contributed by atoms with Crippen LogP contribution in [0, 0.1) is 50.2 Å². The molecule has 7 aliphatic rings. The Morgan fingerprint density at radius 3 is 2.21 bits per heavy atom. The normalized spacial score (nSPS) is 55.3. The van der Waals surface area contributed by atoms with Crippen LogP contribution in [0.15, 0.2) is 0 Å². The third-order valence-electron chi connectivity index (χ3n) is 14.6. The Labute approximate surface area is 227 Å². The van der Waals surface area contributed by atoms with E-state index in [0.29, 0.717) is 38.4 Å². The molecule has 6 heteroatoms. The Morgan fingerprint density at radius 1 is 0.842 bits per heavy atom. The first-order chi connectivity index (χ1) is 17.7. The van der Waals surface area contributed by atoms with Crippen molar-refractivity contribution in [1.82, 2.24) is 0 Å². The molecular formula is C32H48O6. The van der Waals surface area contributed by atoms with Gasteiger partial charge in [0.1, 0.15) is 6.29 Å². The second-order valence-corrected chi connectivity index (χ2v) is 16.3. The zero-order valence-corrected chi connectivity index (χ0v) is 24.4. The minimum absolute atomic E-state index is 0.0607. The molecule has 2 spiro atoms. The van der Waals surface area contributed by atoms with E-state index >= 15 is 0 Å². The minimum Gasteiger partial charge on any atom is -0.454 e. The summed E-state index contributed by atoms with van der Waals surface area (Å²) in [7, 11) is 0. The highest BCUT2D eigenvalue weighted by atomic mass is 16.7. The molecule has 9 atom stereocenters. The van der Waals surface area contributed by atoms with Gasteiger partial charge in [-0.25, -0.2) is 0 Å². The van der Waals surface area contributed by atoms with Crippen LogP contribution in [0.1, 0.15) is 106 Å². The zero-order valence-electron chi connectivity index (χ0n) is 24.4. The van der Waals surface area contributed by atoms with Crippen LogP contribution in [-0.2, 0) is 23.8 Å². The standard InChI is InChI=1S/C32H48O6/c1-25(2)9-11-29-12-13-30(19-33)28(6)8-7-20-26(3,4)31(36-15-16-37-31)14-10-27(20,5)21(28)17-23(34)32(30,22(29)18-25)38-24(29)35/h19-23,34H,7-18H2,1-6H3/t20?,21?,22?,23-,27-,28+,29-,30+,32+/m0/s1. The molecule has 2 saturated heterocycles. The van der Waals surface area contributed by atoms with E-state index in [0.717, 1.165) is 44.9 Å². The summed E-state index contributed by atoms with van der Waals surface area (Å²) in [5, 5.41) is 12.3. The highest BCUT2D eigenvalue weighted by Gasteiger charge is 2.85. The first kappa shape index (κ1) is 26.0. The Kier molecular flexibility index (Phi) is 4.96. The van der Waals surface area contributed by atoms with Crippen molar-refractivity contribution in [3.05, 3.63) is 0 Å². The van der Waals surface area contributed by atoms with Crippen molar-refractivity contribution >= 4 is 12.3 Å². The maximum absolute atomic E-state index is 13.8. The van der Waals surface area contributed by atoms with Crippen molar-refractivity contribution in [1.29, 1.82) is 0 Å². The number of aldehydes is 1. The summed E-state index contributed by atoms with van der Waals surface area (Å²) in [6, 6.07) is 0. The lowest BCUT2D eigenvalue weighted by atomic mass is 9.30. The number of ether oxygens (including phenoxy) is 3. The number of carbonyl (C=O) groups is 2. The molecule has 0 aromatic heterocycles. The fourth-order valence-corrected chi connectivity index (χ4v) is 12.7. The van der Waals surface area contributed by atoms with Gasteiger partial charge in [-0.15, -0.1) is 0 Å². The maximum Gasteiger partial charge on any atom is 0.313 e. The number of rotatable bonds is 1. The van der Waals surface area contributed by atoms with E-state index in [1.807, 2.05) is 0 Å². The van der Waals surface area contributed by atoms with Crippen molar-refractivity contribution in [2.24, 2.45) is 50.2 Å². The first-order valence-electron chi connectivity index (χ1n) is 15.4. The van der Waals surface area contributed by atoms with Crippen molar-refractivity contribution in [3.63, 3.8) is 0 Å². The number of aliphatic hydroxyl groups is 1. The second kappa shape index (κ2) is 7.26. The lowest BCUT2D eigenvalue weighted by Crippen LogP contribution is -2.78. The highest BCUT2D eigenvalue weighted by molar-refractivity contribution is 5.84. The summed E-state index contributed by atoms with van der Waals surface area (Å²) in [5.74, 6) is -0.275. The van der Waals surface area contributed by atoms with Gasteiger partial charge in [-0.2, -0.15) is 0 Å². The fraction of sp³-hybridized carbons (Fsp3) is 0.938. The largest absolute Gasteiger partial charge is 0.454 e. The molecule has 0 aromatic carbocycles. The van der Waals surface area contributed by atoms with Gasteiger partial charge < -0.3 is 24.1 Å². The van der Waals surface area contributed by atoms with Crippen molar-refractivity contribution < 1.29 is 28.9 Å². The average Bonchev–Trinajstić information content (AvgIpc) is 3.40. The van der Waals surface area contributed by atoms with Gasteiger partial charge in [0.15, 0.2) is 11.4 Å². The summed E-state index contributed by atoms with van der Waals surface area (Å²) in [4.78, 5) is 27.5. The number of hydrogen-bond donors (Lipinski definition) is 1. The van der Waals surface area contributed by atoms with E-state index in [4.69, 9.17) is 14.2 Å². The third kappa shape index (κ3) is 2.51. The van der Waals surface area contributed by atoms with Crippen LogP contribution in [0.5, 0.6) is 0 Å². The van der Waals surface area contributed by atoms with Crippen LogP contribution < -0.4 is 0 Å². The number of carbonyl (C=O) groups excluding carboxylic acids is 2. The molecule has 1 N–H and O–H groups in total. The first-order valence-corrected chi connectivity index (χ1v) is 15.4. The van der Waals surface area contributed by atoms with Crippen LogP contribution >= 0.6 is 0 Å². The Balaban J connectivity index is 1.36. The highest BCUT2D eigenvalue weighted by Crippen LogP contribution is 2.81. The van der Waals surface area contributed by atoms with Crippen LogP contribution in [0.4, 0.5) is 0 Å². The van der Waals surface area contributed by atoms with E-state index in [1.165, 1.54) is 6.29 Å². The van der Waals surface area contributed by atoms with E-state index in [1.54, 1.807) is 0 Å². The molecule has 6 nitrogen and oxygen atoms in total. The fourth-order valence-electron chi connectivity index (χ4n) is 12.7. The van der Waals surface area contributed by atoms with Crippen LogP contribution in [0.25, 0.3) is 0 Å². The molecule has 0 amide bonds. The minimum atomic E-state index is -1.11. The Morgan fingerprint density at radius 2 is 1.53 bits per heavy atom. The van der Waals surface area contributed by atoms with Gasteiger partial charge in [-0.1, -0.05) is 41.5 Å². The van der Waals surface area contributed by atoms with Crippen LogP contribution in [0.2, 0.25) is 0 Å². The van der Waals surface area contributed by atoms with Gasteiger partial charge in [-0.3, -0.25) is 4.79 Å². The summed E-state index contributed by atoms with van der Waals surface area (Å²) in [6.07, 6.45) is 8.58. The average molecular weight is 529 g/mol. The predicted molar refractivity (Wildman–Crippen MR) is 141 cm³/mol. The SMILES string of the molecule is CC1(C)CC[C@@]23CC[C@]4(C=O)[C@@](OC2=O)(C3C1)[C@@H](O)CC1[C@@]2(C)CCC3(OCCO3)C(C)(C)C2CC[C@]14C. The molecular weight excluding hydrogens is 480 g/mol. The summed E-state index contributed by atoms with van der Waals surface area (Å²) in [6.45, 7) is 15.2. The smallest absolute Gasteiger partial charge is 0.313 e. The Hall–Kier alpha value is -0.980.